The Kier molecular flexibility index (Phi) is 7.40. The first kappa shape index (κ1) is 26.0. The molecule has 37 heavy (non-hydrogen) atoms. The molecule has 10 nitrogen and oxygen atoms in total. The van der Waals surface area contributed by atoms with Crippen LogP contribution in [0.4, 0.5) is 5.69 Å². The van der Waals surface area contributed by atoms with Gasteiger partial charge in [0.05, 0.1) is 29.1 Å². The topological polar surface area (TPSA) is 124 Å². The molecule has 0 amide bonds. The summed E-state index contributed by atoms with van der Waals surface area (Å²) in [4.78, 5) is 43.8. The molecule has 2 unspecified atom stereocenters. The number of dihydropyridines is 1. The summed E-state index contributed by atoms with van der Waals surface area (Å²) in [5.74, 6) is -2.10. The highest BCUT2D eigenvalue weighted by molar-refractivity contribution is 6.00. The van der Waals surface area contributed by atoms with Gasteiger partial charge in [0.25, 0.3) is 5.69 Å². The van der Waals surface area contributed by atoms with E-state index >= 15 is 0 Å². The van der Waals surface area contributed by atoms with Gasteiger partial charge < -0.3 is 14.8 Å². The summed E-state index contributed by atoms with van der Waals surface area (Å²) in [6.45, 7) is 7.34. The number of methoxy groups -OCH3 is 1. The zero-order valence-corrected chi connectivity index (χ0v) is 21.3. The number of pyridine rings is 1. The number of nitro benzene ring substituents is 1. The summed E-state index contributed by atoms with van der Waals surface area (Å²) < 4.78 is 11.1. The number of carbonyl (C=O) groups excluding carboxylic acids is 2. The zero-order chi connectivity index (χ0) is 26.7. The molecular formula is C27H30N4O6. The Balaban J connectivity index is 1.64. The van der Waals surface area contributed by atoms with Crippen LogP contribution in [0.25, 0.3) is 0 Å². The first-order valence-electron chi connectivity index (χ1n) is 12.0. The molecule has 0 aliphatic carbocycles. The second kappa shape index (κ2) is 10.5. The molecule has 0 saturated carbocycles. The molecule has 3 heterocycles. The number of rotatable bonds is 7. The van der Waals surface area contributed by atoms with Gasteiger partial charge in [0, 0.05) is 62.0 Å². The molecule has 194 valence electrons. The van der Waals surface area contributed by atoms with Crippen LogP contribution in [0, 0.1) is 10.1 Å². The van der Waals surface area contributed by atoms with E-state index in [0.29, 0.717) is 36.5 Å². The average molecular weight is 507 g/mol. The Bertz CT molecular complexity index is 1290. The third-order valence-corrected chi connectivity index (χ3v) is 6.81. The van der Waals surface area contributed by atoms with Gasteiger partial charge in [-0.1, -0.05) is 12.1 Å². The highest BCUT2D eigenvalue weighted by Gasteiger charge is 2.42. The number of ether oxygens (including phenoxy) is 2. The third kappa shape index (κ3) is 5.54. The maximum absolute atomic E-state index is 13.7. The number of hydrogen-bond donors (Lipinski definition) is 1. The minimum atomic E-state index is -0.890. The van der Waals surface area contributed by atoms with Crippen LogP contribution in [-0.4, -0.2) is 52.5 Å². The number of benzene rings is 1. The fourth-order valence-corrected chi connectivity index (χ4v) is 5.07. The van der Waals surface area contributed by atoms with Crippen molar-refractivity contribution in [3.63, 3.8) is 0 Å². The van der Waals surface area contributed by atoms with Gasteiger partial charge in [0.15, 0.2) is 0 Å². The summed E-state index contributed by atoms with van der Waals surface area (Å²) in [7, 11) is 1.26. The molecule has 2 aliphatic heterocycles. The van der Waals surface area contributed by atoms with Gasteiger partial charge in [-0.2, -0.15) is 0 Å². The van der Waals surface area contributed by atoms with Crippen LogP contribution in [0.2, 0.25) is 0 Å². The van der Waals surface area contributed by atoms with Crippen LogP contribution < -0.4 is 5.32 Å². The first-order valence-corrected chi connectivity index (χ1v) is 12.0. The highest BCUT2D eigenvalue weighted by Crippen LogP contribution is 2.41. The number of non-ortho nitro benzene ring substituents is 1. The van der Waals surface area contributed by atoms with Crippen molar-refractivity contribution in [2.75, 3.05) is 20.2 Å². The van der Waals surface area contributed by atoms with Gasteiger partial charge in [0.1, 0.15) is 5.60 Å². The van der Waals surface area contributed by atoms with Crippen LogP contribution in [0.3, 0.4) is 0 Å². The molecule has 10 heteroatoms. The number of nitrogens with one attached hydrogen (secondary N) is 1. The van der Waals surface area contributed by atoms with Crippen molar-refractivity contribution in [1.29, 1.82) is 0 Å². The number of nitrogens with zero attached hydrogens (tertiary/aromatic N) is 3. The molecule has 4 rings (SSSR count). The lowest BCUT2D eigenvalue weighted by Crippen LogP contribution is -2.38. The number of allylic oxidation sites excluding steroid dienone is 2. The van der Waals surface area contributed by atoms with E-state index in [0.717, 1.165) is 12.1 Å². The van der Waals surface area contributed by atoms with Crippen molar-refractivity contribution in [2.24, 2.45) is 0 Å². The van der Waals surface area contributed by atoms with E-state index in [1.807, 2.05) is 19.1 Å². The molecule has 2 aliphatic rings. The van der Waals surface area contributed by atoms with E-state index in [9.17, 15) is 19.7 Å². The number of aromatic nitrogens is 1. The number of hydrogen-bond acceptors (Lipinski definition) is 9. The maximum Gasteiger partial charge on any atom is 0.337 e. The van der Waals surface area contributed by atoms with Crippen molar-refractivity contribution < 1.29 is 24.0 Å². The van der Waals surface area contributed by atoms with Gasteiger partial charge in [-0.3, -0.25) is 20.0 Å². The van der Waals surface area contributed by atoms with E-state index in [1.165, 1.54) is 25.3 Å². The molecule has 1 aromatic carbocycles. The molecule has 2 aromatic rings. The van der Waals surface area contributed by atoms with Crippen LogP contribution in [0.5, 0.6) is 0 Å². The third-order valence-electron chi connectivity index (χ3n) is 6.81. The molecule has 1 N–H and O–H groups in total. The normalized spacial score (nSPS) is 22.0. The summed E-state index contributed by atoms with van der Waals surface area (Å²) in [6, 6.07) is 9.85. The molecule has 0 radical (unpaired) electrons. The van der Waals surface area contributed by atoms with Gasteiger partial charge >= 0.3 is 11.9 Å². The standard InChI is InChI=1S/C27H30N4O6/c1-17-22(25(32)36-4)24(20-6-5-7-21(14-20)31(34)35)23(18(2)29-17)26(33)37-27(3)10-13-30(16-27)15-19-8-11-28-12-9-19/h5-9,11-12,14,24,29H,10,13,15-16H2,1-4H3. The van der Waals surface area contributed by atoms with Crippen molar-refractivity contribution in [1.82, 2.24) is 15.2 Å². The fraction of sp³-hybridized carbons (Fsp3) is 0.370. The molecule has 1 fully saturated rings. The Labute approximate surface area is 215 Å². The van der Waals surface area contributed by atoms with E-state index in [4.69, 9.17) is 9.47 Å². The molecular weight excluding hydrogens is 476 g/mol. The second-order valence-electron chi connectivity index (χ2n) is 9.63. The van der Waals surface area contributed by atoms with Crippen LogP contribution >= 0.6 is 0 Å². The lowest BCUT2D eigenvalue weighted by Gasteiger charge is -2.32. The van der Waals surface area contributed by atoms with Crippen LogP contribution in [0.1, 0.15) is 44.2 Å². The van der Waals surface area contributed by atoms with E-state index in [-0.39, 0.29) is 16.8 Å². The number of likely N-dealkylation sites (tertiary alicyclic amines) is 1. The van der Waals surface area contributed by atoms with Crippen molar-refractivity contribution >= 4 is 17.6 Å². The summed E-state index contributed by atoms with van der Waals surface area (Å²) in [6.07, 6.45) is 4.14. The first-order chi connectivity index (χ1) is 17.6. The van der Waals surface area contributed by atoms with Crippen LogP contribution in [-0.2, 0) is 25.6 Å². The summed E-state index contributed by atoms with van der Waals surface area (Å²) in [5, 5.41) is 14.6. The summed E-state index contributed by atoms with van der Waals surface area (Å²) in [5.41, 5.74) is 2.11. The van der Waals surface area contributed by atoms with Crippen molar-refractivity contribution in [3.05, 3.63) is 92.6 Å². The lowest BCUT2D eigenvalue weighted by atomic mass is 9.80. The Morgan fingerprint density at radius 2 is 1.84 bits per heavy atom. The number of carbonyl (C=O) groups is 2. The van der Waals surface area contributed by atoms with Gasteiger partial charge in [-0.15, -0.1) is 0 Å². The summed E-state index contributed by atoms with van der Waals surface area (Å²) >= 11 is 0. The monoisotopic (exact) mass is 506 g/mol. The Morgan fingerprint density at radius 3 is 2.49 bits per heavy atom. The minimum absolute atomic E-state index is 0.141. The largest absolute Gasteiger partial charge is 0.466 e. The minimum Gasteiger partial charge on any atom is -0.466 e. The Hall–Kier alpha value is -4.05. The van der Waals surface area contributed by atoms with E-state index in [2.05, 4.69) is 15.2 Å². The van der Waals surface area contributed by atoms with Gasteiger partial charge in [-0.05, 0) is 44.0 Å². The van der Waals surface area contributed by atoms with E-state index in [1.54, 1.807) is 32.3 Å². The predicted octanol–water partition coefficient (Wildman–Crippen LogP) is 3.61. The Morgan fingerprint density at radius 1 is 1.16 bits per heavy atom. The molecule has 1 aromatic heterocycles. The van der Waals surface area contributed by atoms with Crippen LogP contribution in [0.15, 0.2) is 71.3 Å². The zero-order valence-electron chi connectivity index (χ0n) is 21.3. The van der Waals surface area contributed by atoms with E-state index < -0.39 is 28.4 Å². The average Bonchev–Trinajstić information content (AvgIpc) is 3.23. The highest BCUT2D eigenvalue weighted by atomic mass is 16.6. The van der Waals surface area contributed by atoms with Gasteiger partial charge in [0.2, 0.25) is 0 Å². The van der Waals surface area contributed by atoms with Crippen molar-refractivity contribution in [3.8, 4) is 0 Å². The molecule has 1 saturated heterocycles. The molecule has 2 atom stereocenters. The van der Waals surface area contributed by atoms with Gasteiger partial charge in [-0.25, -0.2) is 9.59 Å². The number of nitro groups is 1. The maximum atomic E-state index is 13.7. The molecule has 0 spiro atoms. The lowest BCUT2D eigenvalue weighted by molar-refractivity contribution is -0.384. The predicted molar refractivity (Wildman–Crippen MR) is 135 cm³/mol. The smallest absolute Gasteiger partial charge is 0.337 e. The number of esters is 2. The quantitative estimate of drug-likeness (QED) is 0.341. The second-order valence-corrected chi connectivity index (χ2v) is 9.63. The fourth-order valence-electron chi connectivity index (χ4n) is 5.07. The SMILES string of the molecule is COC(=O)C1=C(C)NC(C)=C(C(=O)OC2(C)CCN(Cc3ccncc3)C2)C1c1cccc([N+](=O)[O-])c1. The van der Waals surface area contributed by atoms with Crippen molar-refractivity contribution in [2.45, 2.75) is 45.3 Å². The molecule has 0 bridgehead atoms.